The van der Waals surface area contributed by atoms with Crippen LogP contribution in [0.25, 0.3) is 0 Å². The maximum Gasteiger partial charge on any atom is 0.533 e. The van der Waals surface area contributed by atoms with Crippen molar-refractivity contribution in [3.05, 3.63) is 0 Å². The van der Waals surface area contributed by atoms with Crippen LogP contribution in [0.4, 0.5) is 0 Å². The first-order valence-corrected chi connectivity index (χ1v) is 88.9. The molecule has 0 aliphatic heterocycles. The molecular weight excluding hydrogens is 1360 g/mol. The average Bonchev–Trinajstić information content (AvgIpc) is 3.23. The van der Waals surface area contributed by atoms with E-state index in [2.05, 4.69) is 0 Å². The lowest BCUT2D eigenvalue weighted by Gasteiger charge is -2.30. The highest BCUT2D eigenvalue weighted by Crippen LogP contribution is 2.15. The van der Waals surface area contributed by atoms with Crippen LogP contribution in [0.3, 0.4) is 0 Å². The molecule has 340 valence electrons. The first kappa shape index (κ1) is 65.8. The molecule has 0 aromatic rings. The van der Waals surface area contributed by atoms with Gasteiger partial charge in [-0.3, -0.25) is 0 Å². The van der Waals surface area contributed by atoms with Crippen molar-refractivity contribution in [2.24, 2.45) is 0 Å². The summed E-state index contributed by atoms with van der Waals surface area (Å²) in [5, 5.41) is 0. The Hall–Kier alpha value is 0.850. The van der Waals surface area contributed by atoms with Gasteiger partial charge in [0.15, 0.2) is 8.32 Å². The van der Waals surface area contributed by atoms with Gasteiger partial charge in [-0.15, -0.1) is 0 Å². The fourth-order valence-electron chi connectivity index (χ4n) is 3.83. The maximum atomic E-state index is 12.7. The summed E-state index contributed by atoms with van der Waals surface area (Å²) in [6.45, 7) is 12.4. The Morgan fingerprint density at radius 3 is 0.538 bits per heavy atom. The predicted molar refractivity (Wildman–Crippen MR) is 234 cm³/mol. The summed E-state index contributed by atoms with van der Waals surface area (Å²) in [5.74, 6) is 0. The van der Waals surface area contributed by atoms with Gasteiger partial charge in [0.1, 0.15) is 7.59 Å². The summed E-state index contributed by atoms with van der Waals surface area (Å²) >= 11 is 0. The minimum Gasteiger partial charge on any atom is -0.558 e. The molecule has 57 heteroatoms. The lowest BCUT2D eigenvalue weighted by Crippen LogP contribution is -2.58. The fourth-order valence-corrected chi connectivity index (χ4v) is 321. The van der Waals surface area contributed by atoms with Crippen molar-refractivity contribution >= 4 is 226 Å². The summed E-state index contributed by atoms with van der Waals surface area (Å²) in [6.07, 6.45) is 0. The zero-order valence-electron chi connectivity index (χ0n) is 33.9. The van der Waals surface area contributed by atoms with Crippen molar-refractivity contribution < 1.29 is 124 Å². The summed E-state index contributed by atoms with van der Waals surface area (Å²) in [7, 11) is -121. The second-order valence-electron chi connectivity index (χ2n) is 14.5. The third kappa shape index (κ3) is 18.4. The normalized spacial score (nSPS) is 10.9. The monoisotopic (exact) mass is 1380 g/mol. The smallest absolute Gasteiger partial charge is 0.533 e. The molecule has 0 rings (SSSR count). The van der Waals surface area contributed by atoms with Gasteiger partial charge in [-0.25, -0.2) is 0 Å². The van der Waals surface area contributed by atoms with E-state index in [4.69, 9.17) is 8.23 Å². The van der Waals surface area contributed by atoms with Gasteiger partial charge in [0.05, 0.1) is 0 Å². The van der Waals surface area contributed by atoms with E-state index in [9.17, 15) is 116 Å². The molecule has 0 saturated carbocycles. The first-order valence-electron chi connectivity index (χ1n) is 16.6. The summed E-state index contributed by atoms with van der Waals surface area (Å²) in [5.41, 5.74) is 0. The summed E-state index contributed by atoms with van der Waals surface area (Å²) < 4.78 is 340. The van der Waals surface area contributed by atoms with E-state index in [1.165, 1.54) is 32.7 Å². The molecule has 0 atom stereocenters. The molecule has 0 aromatic carbocycles. The van der Waals surface area contributed by atoms with Crippen LogP contribution in [-0.2, 0) is 124 Å². The molecule has 0 bridgehead atoms. The molecule has 0 heterocycles. The lowest BCUT2D eigenvalue weighted by molar-refractivity contribution is 0.377. The molecule has 0 N–H and O–H groups in total. The second-order valence-corrected chi connectivity index (χ2v) is 156. The van der Waals surface area contributed by atoms with Gasteiger partial charge < -0.3 is 124 Å². The highest BCUT2D eigenvalue weighted by molar-refractivity contribution is 7.84. The molecule has 0 aromatic heterocycles. The maximum absolute atomic E-state index is 12.7. The van der Waals surface area contributed by atoms with E-state index in [-0.39, 0.29) is 0 Å². The minimum absolute atomic E-state index is 1.40. The fraction of sp³-hybridized carbons (Fsp3) is 1.00. The van der Waals surface area contributed by atoms with E-state index in [1.54, 1.807) is 19.6 Å². The lowest BCUT2D eigenvalue weighted by atomic mass is 11.8. The van der Waals surface area contributed by atoms with Crippen LogP contribution in [-0.4, -0.2) is 226 Å². The van der Waals surface area contributed by atoms with Crippen LogP contribution in [0.15, 0.2) is 0 Å². The van der Waals surface area contributed by atoms with Gasteiger partial charge in [0.25, 0.3) is 0 Å². The van der Waals surface area contributed by atoms with Crippen molar-refractivity contribution in [3.8, 4) is 0 Å². The van der Waals surface area contributed by atoms with E-state index in [1.807, 2.05) is 0 Å². The van der Waals surface area contributed by atoms with Gasteiger partial charge in [0.2, 0.25) is 0 Å². The van der Waals surface area contributed by atoms with Crippen LogP contribution < -0.4 is 0 Å². The van der Waals surface area contributed by atoms with E-state index in [0.717, 1.165) is 0 Å². The van der Waals surface area contributed by atoms with Gasteiger partial charge in [-0.1, -0.05) is 19.6 Å². The SMILES string of the molecule is C[Si](C)(C)O[Si](C)(C)O[Si](=O)[Si](=O)[Si](=O)[Si](=O)[Si](=O)[Si](=O)[Si](=O)[Si](=O)[Si](=O)[Si](=O)[Si](=O)[Si](=O)[Si](=O)[Si](=O)[Si](=O)[Si](=O)[Si](=O)[Si](=O)[Si](=O)[Si](=O)[Si](=O)[Si](=O)[Si](=O)[Si](=O)[Si](=O)[Si](=O)[Si](C)(C)C. The van der Waals surface area contributed by atoms with Crippen LogP contribution in [0.5, 0.6) is 0 Å². The van der Waals surface area contributed by atoms with Crippen molar-refractivity contribution in [1.29, 1.82) is 0 Å². The summed E-state index contributed by atoms with van der Waals surface area (Å²) in [4.78, 5) is 0. The molecule has 0 fully saturated rings. The third-order valence-corrected chi connectivity index (χ3v) is 222. The Morgan fingerprint density at radius 2 is 0.385 bits per heavy atom. The predicted octanol–water partition coefficient (Wildman–Crippen LogP) is -9.60. The molecular formula is C8H24O28Si29. The zero-order valence-corrected chi connectivity index (χ0v) is 62.9. The number of rotatable bonds is 30. The molecule has 0 aliphatic rings. The Balaban J connectivity index is 5.86. The highest BCUT2D eigenvalue weighted by Gasteiger charge is 2.58. The molecule has 0 radical (unpaired) electrons. The van der Waals surface area contributed by atoms with Crippen molar-refractivity contribution in [2.45, 2.75) is 52.4 Å². The molecule has 0 saturated heterocycles. The Morgan fingerprint density at radius 1 is 0.231 bits per heavy atom. The van der Waals surface area contributed by atoms with Crippen LogP contribution in [0, 0.1) is 0 Å². The van der Waals surface area contributed by atoms with Crippen LogP contribution >= 0.6 is 0 Å². The Labute approximate surface area is 398 Å². The van der Waals surface area contributed by atoms with Gasteiger partial charge in [0, 0.05) is 0 Å². The standard InChI is InChI=1S/C8H24O28Si29/c1-63(2,3)36-65(7,8)35-37(9)38(10)39(11)40(12)41(13)42(14)43(15)44(16)45(17)46(18)47(19)48(20)49(21)50(22)51(23)52(24)53(25)54(26)55(27)56(28)57(29)58(30)59(31)60(32)61(33)62(34)64(4,5)6/h1-8H3. The van der Waals surface area contributed by atoms with Gasteiger partial charge in [-0.05, 0) is 32.7 Å². The number of hydrogen-bond donors (Lipinski definition) is 0. The molecule has 0 aliphatic carbocycles. The highest BCUT2D eigenvalue weighted by atomic mass is 30.1. The van der Waals surface area contributed by atoms with Crippen LogP contribution in [0.1, 0.15) is 0 Å². The van der Waals surface area contributed by atoms with E-state index >= 15 is 0 Å². The quantitative estimate of drug-likeness (QED) is 0.0603. The third-order valence-electron chi connectivity index (χ3n) is 6.71. The van der Waals surface area contributed by atoms with E-state index < -0.39 is 226 Å². The molecule has 28 nitrogen and oxygen atoms in total. The summed E-state index contributed by atoms with van der Waals surface area (Å²) in [6, 6.07) is 0. The topological polar surface area (TPSA) is 462 Å². The van der Waals surface area contributed by atoms with Crippen molar-refractivity contribution in [3.63, 3.8) is 0 Å². The average molecular weight is 1380 g/mol. The van der Waals surface area contributed by atoms with Gasteiger partial charge >= 0.3 is 210 Å². The van der Waals surface area contributed by atoms with E-state index in [0.29, 0.717) is 0 Å². The number of hydrogen-bond acceptors (Lipinski definition) is 28. The minimum atomic E-state index is -4.63. The molecule has 65 heavy (non-hydrogen) atoms. The van der Waals surface area contributed by atoms with Crippen LogP contribution in [0.2, 0.25) is 52.4 Å². The molecule has 0 spiro atoms. The Kier molecular flexibility index (Phi) is 27.4. The van der Waals surface area contributed by atoms with Gasteiger partial charge in [-0.2, -0.15) is 0 Å². The largest absolute Gasteiger partial charge is 0.558 e. The Bertz CT molecular complexity index is 2590. The van der Waals surface area contributed by atoms with Crippen molar-refractivity contribution in [1.82, 2.24) is 0 Å². The zero-order chi connectivity index (χ0) is 51.9. The second kappa shape index (κ2) is 27.1. The molecule has 0 unspecified atom stereocenters. The van der Waals surface area contributed by atoms with Crippen molar-refractivity contribution in [2.75, 3.05) is 0 Å². The molecule has 0 amide bonds. The first-order chi connectivity index (χ1) is 29.1.